The van der Waals surface area contributed by atoms with Crippen LogP contribution in [0.4, 0.5) is 0 Å². The zero-order chi connectivity index (χ0) is 14.7. The molecule has 3 heteroatoms. The second kappa shape index (κ2) is 5.94. The molecule has 1 aromatic heterocycles. The van der Waals surface area contributed by atoms with E-state index >= 15 is 0 Å². The molecule has 0 saturated heterocycles. The predicted octanol–water partition coefficient (Wildman–Crippen LogP) is 4.47. The molecule has 2 aromatic carbocycles. The lowest BCUT2D eigenvalue weighted by atomic mass is 10.1. The Balaban J connectivity index is 1.95. The van der Waals surface area contributed by atoms with E-state index in [4.69, 9.17) is 4.74 Å². The Labute approximate surface area is 123 Å². The molecule has 0 saturated carbocycles. The van der Waals surface area contributed by atoms with E-state index in [0.717, 1.165) is 16.5 Å². The van der Waals surface area contributed by atoms with Gasteiger partial charge in [-0.15, -0.1) is 0 Å². The van der Waals surface area contributed by atoms with Gasteiger partial charge in [-0.05, 0) is 24.6 Å². The van der Waals surface area contributed by atoms with Gasteiger partial charge in [-0.2, -0.15) is 0 Å². The number of hydrogen-bond donors (Lipinski definition) is 1. The number of fused-ring (bicyclic) bond motifs is 1. The number of aliphatic hydroxyl groups is 1. The van der Waals surface area contributed by atoms with Crippen molar-refractivity contribution >= 4 is 10.9 Å². The summed E-state index contributed by atoms with van der Waals surface area (Å²) in [6.45, 7) is 1.94. The summed E-state index contributed by atoms with van der Waals surface area (Å²) in [5.74, 6) is 1.34. The quantitative estimate of drug-likeness (QED) is 0.766. The third kappa shape index (κ3) is 2.88. The van der Waals surface area contributed by atoms with Crippen LogP contribution in [0.2, 0.25) is 0 Å². The highest BCUT2D eigenvalue weighted by atomic mass is 16.5. The van der Waals surface area contributed by atoms with E-state index in [1.807, 2.05) is 61.5 Å². The van der Waals surface area contributed by atoms with Crippen molar-refractivity contribution in [3.63, 3.8) is 0 Å². The van der Waals surface area contributed by atoms with Crippen molar-refractivity contribution in [2.24, 2.45) is 0 Å². The first-order valence-corrected chi connectivity index (χ1v) is 7.07. The molecule has 3 nitrogen and oxygen atoms in total. The molecule has 0 amide bonds. The van der Waals surface area contributed by atoms with Crippen LogP contribution >= 0.6 is 0 Å². The van der Waals surface area contributed by atoms with Gasteiger partial charge < -0.3 is 9.84 Å². The highest BCUT2D eigenvalue weighted by Gasteiger charge is 2.12. The topological polar surface area (TPSA) is 42.4 Å². The van der Waals surface area contributed by atoms with Crippen LogP contribution < -0.4 is 4.74 Å². The number of aromatic nitrogens is 1. The van der Waals surface area contributed by atoms with E-state index in [2.05, 4.69) is 4.98 Å². The van der Waals surface area contributed by atoms with Crippen LogP contribution in [-0.4, -0.2) is 10.1 Å². The van der Waals surface area contributed by atoms with Crippen LogP contribution in [0.5, 0.6) is 11.5 Å². The molecular formula is C18H17NO2. The van der Waals surface area contributed by atoms with E-state index in [-0.39, 0.29) is 0 Å². The third-order valence-corrected chi connectivity index (χ3v) is 3.46. The fourth-order valence-electron chi connectivity index (χ4n) is 2.30. The van der Waals surface area contributed by atoms with Crippen molar-refractivity contribution < 1.29 is 9.84 Å². The lowest BCUT2D eigenvalue weighted by Gasteiger charge is -2.14. The average molecular weight is 279 g/mol. The van der Waals surface area contributed by atoms with Crippen LogP contribution in [0.15, 0.2) is 60.8 Å². The Bertz CT molecular complexity index is 755. The number of rotatable bonds is 4. The third-order valence-electron chi connectivity index (χ3n) is 3.46. The molecule has 0 bridgehead atoms. The molecule has 1 heterocycles. The standard InChI is InChI=1S/C18H17NO2/c1-2-17(20)15-8-4-6-10-18(15)21-14-11-13-7-3-5-9-16(13)19-12-14/h3-12,17,20H,2H2,1H3/t17-/m0/s1. The van der Waals surface area contributed by atoms with Crippen LogP contribution in [0.3, 0.4) is 0 Å². The highest BCUT2D eigenvalue weighted by Crippen LogP contribution is 2.31. The Morgan fingerprint density at radius 3 is 2.71 bits per heavy atom. The maximum Gasteiger partial charge on any atom is 0.146 e. The first-order chi connectivity index (χ1) is 10.3. The zero-order valence-corrected chi connectivity index (χ0v) is 11.9. The zero-order valence-electron chi connectivity index (χ0n) is 11.9. The van der Waals surface area contributed by atoms with Gasteiger partial charge >= 0.3 is 0 Å². The molecule has 0 aliphatic heterocycles. The minimum absolute atomic E-state index is 0.519. The van der Waals surface area contributed by atoms with Crippen molar-refractivity contribution in [1.29, 1.82) is 0 Å². The van der Waals surface area contributed by atoms with Crippen molar-refractivity contribution in [2.45, 2.75) is 19.4 Å². The highest BCUT2D eigenvalue weighted by molar-refractivity contribution is 5.79. The summed E-state index contributed by atoms with van der Waals surface area (Å²) in [5.41, 5.74) is 1.74. The summed E-state index contributed by atoms with van der Waals surface area (Å²) in [4.78, 5) is 4.38. The summed E-state index contributed by atoms with van der Waals surface area (Å²) < 4.78 is 5.92. The van der Waals surface area contributed by atoms with Crippen molar-refractivity contribution in [2.75, 3.05) is 0 Å². The molecule has 0 fully saturated rings. The SMILES string of the molecule is CC[C@H](O)c1ccccc1Oc1cnc2ccccc2c1. The number of pyridine rings is 1. The van der Waals surface area contributed by atoms with E-state index in [1.165, 1.54) is 0 Å². The Hall–Kier alpha value is -2.39. The molecular weight excluding hydrogens is 262 g/mol. The van der Waals surface area contributed by atoms with Crippen molar-refractivity contribution in [1.82, 2.24) is 4.98 Å². The second-order valence-corrected chi connectivity index (χ2v) is 4.93. The number of benzene rings is 2. The largest absolute Gasteiger partial charge is 0.455 e. The van der Waals surface area contributed by atoms with Gasteiger partial charge in [-0.25, -0.2) is 0 Å². The predicted molar refractivity (Wildman–Crippen MR) is 83.5 cm³/mol. The van der Waals surface area contributed by atoms with E-state index < -0.39 is 6.10 Å². The van der Waals surface area contributed by atoms with Crippen LogP contribution in [0.25, 0.3) is 10.9 Å². The number of aliphatic hydroxyl groups excluding tert-OH is 1. The Morgan fingerprint density at radius 2 is 1.86 bits per heavy atom. The number of hydrogen-bond acceptors (Lipinski definition) is 3. The van der Waals surface area contributed by atoms with Crippen LogP contribution in [0, 0.1) is 0 Å². The molecule has 0 radical (unpaired) electrons. The molecule has 0 aliphatic carbocycles. The van der Waals surface area contributed by atoms with Crippen LogP contribution in [-0.2, 0) is 0 Å². The Kier molecular flexibility index (Phi) is 3.84. The number of ether oxygens (including phenoxy) is 1. The van der Waals surface area contributed by atoms with E-state index in [9.17, 15) is 5.11 Å². The molecule has 1 atom stereocenters. The summed E-state index contributed by atoms with van der Waals surface area (Å²) in [6, 6.07) is 17.4. The van der Waals surface area contributed by atoms with Gasteiger partial charge in [0.1, 0.15) is 11.5 Å². The molecule has 3 aromatic rings. The molecule has 1 N–H and O–H groups in total. The fourth-order valence-corrected chi connectivity index (χ4v) is 2.30. The second-order valence-electron chi connectivity index (χ2n) is 4.93. The van der Waals surface area contributed by atoms with Crippen LogP contribution in [0.1, 0.15) is 25.0 Å². The van der Waals surface area contributed by atoms with Gasteiger partial charge in [-0.3, -0.25) is 4.98 Å². The molecule has 3 rings (SSSR count). The van der Waals surface area contributed by atoms with Crippen molar-refractivity contribution in [3.05, 3.63) is 66.4 Å². The summed E-state index contributed by atoms with van der Waals surface area (Å²) >= 11 is 0. The van der Waals surface area contributed by atoms with E-state index in [1.54, 1.807) is 6.20 Å². The number of para-hydroxylation sites is 2. The smallest absolute Gasteiger partial charge is 0.146 e. The molecule has 21 heavy (non-hydrogen) atoms. The number of nitrogens with zero attached hydrogens (tertiary/aromatic N) is 1. The maximum atomic E-state index is 10.1. The van der Waals surface area contributed by atoms with Gasteiger partial charge in [0.2, 0.25) is 0 Å². The summed E-state index contributed by atoms with van der Waals surface area (Å²) in [6.07, 6.45) is 1.84. The normalized spacial score (nSPS) is 12.3. The van der Waals surface area contributed by atoms with Gasteiger partial charge in [0.25, 0.3) is 0 Å². The monoisotopic (exact) mass is 279 g/mol. The first-order valence-electron chi connectivity index (χ1n) is 7.07. The Morgan fingerprint density at radius 1 is 1.10 bits per heavy atom. The van der Waals surface area contributed by atoms with Gasteiger partial charge in [0, 0.05) is 10.9 Å². The fraction of sp³-hybridized carbons (Fsp3) is 0.167. The molecule has 0 unspecified atom stereocenters. The van der Waals surface area contributed by atoms with Crippen molar-refractivity contribution in [3.8, 4) is 11.5 Å². The minimum Gasteiger partial charge on any atom is -0.455 e. The summed E-state index contributed by atoms with van der Waals surface area (Å²) in [7, 11) is 0. The average Bonchev–Trinajstić information content (AvgIpc) is 2.54. The lowest BCUT2D eigenvalue weighted by Crippen LogP contribution is -1.98. The van der Waals surface area contributed by atoms with Gasteiger partial charge in [-0.1, -0.05) is 43.3 Å². The van der Waals surface area contributed by atoms with Gasteiger partial charge in [0.05, 0.1) is 17.8 Å². The van der Waals surface area contributed by atoms with Gasteiger partial charge in [0.15, 0.2) is 0 Å². The summed E-state index contributed by atoms with van der Waals surface area (Å²) in [5, 5.41) is 11.1. The lowest BCUT2D eigenvalue weighted by molar-refractivity contribution is 0.170. The molecule has 106 valence electrons. The molecule has 0 aliphatic rings. The van der Waals surface area contributed by atoms with E-state index in [0.29, 0.717) is 17.9 Å². The maximum absolute atomic E-state index is 10.1. The first kappa shape index (κ1) is 13.6. The molecule has 0 spiro atoms. The minimum atomic E-state index is -0.519.